The third-order valence-electron chi connectivity index (χ3n) is 5.70. The molecule has 0 atom stereocenters. The van der Waals surface area contributed by atoms with E-state index >= 15 is 0 Å². The summed E-state index contributed by atoms with van der Waals surface area (Å²) in [4.78, 5) is 4.72. The molecule has 1 aromatic rings. The highest BCUT2D eigenvalue weighted by molar-refractivity contribution is 7.88. The van der Waals surface area contributed by atoms with Gasteiger partial charge in [-0.25, -0.2) is 13.4 Å². The second-order valence-corrected chi connectivity index (χ2v) is 9.99. The molecule has 2 N–H and O–H groups in total. The van der Waals surface area contributed by atoms with Crippen LogP contribution in [-0.2, 0) is 27.1 Å². The number of nitrogens with zero attached hydrogens (tertiary/aromatic N) is 2. The largest absolute Gasteiger partial charge is 0.379 e. The van der Waals surface area contributed by atoms with Crippen molar-refractivity contribution in [2.75, 3.05) is 39.4 Å². The van der Waals surface area contributed by atoms with Crippen molar-refractivity contribution >= 4 is 16.0 Å². The van der Waals surface area contributed by atoms with Gasteiger partial charge in [0.15, 0.2) is 5.96 Å². The lowest BCUT2D eigenvalue weighted by Gasteiger charge is -2.26. The Labute approximate surface area is 187 Å². The molecule has 1 aromatic carbocycles. The number of rotatable bonds is 9. The van der Waals surface area contributed by atoms with Crippen LogP contribution in [0, 0.1) is 0 Å². The van der Waals surface area contributed by atoms with Gasteiger partial charge in [-0.1, -0.05) is 35.9 Å². The molecule has 1 aliphatic carbocycles. The zero-order valence-corrected chi connectivity index (χ0v) is 19.4. The smallest absolute Gasteiger partial charge is 0.218 e. The Morgan fingerprint density at radius 3 is 2.61 bits per heavy atom. The van der Waals surface area contributed by atoms with E-state index in [0.717, 1.165) is 36.6 Å². The van der Waals surface area contributed by atoms with Crippen LogP contribution in [0.4, 0.5) is 0 Å². The monoisotopic (exact) mass is 448 g/mol. The normalized spacial score (nSPS) is 18.5. The number of guanidine groups is 1. The highest BCUT2D eigenvalue weighted by Crippen LogP contribution is 2.19. The van der Waals surface area contributed by atoms with E-state index in [2.05, 4.69) is 16.7 Å². The third kappa shape index (κ3) is 7.63. The molecule has 0 amide bonds. The standard InChI is InChI=1S/C23H36N4O3S/c1-2-24-23(25-13-12-20-8-4-3-5-9-20)26-18-21-10-6-7-11-22(21)19-31(28,29)27-14-16-30-17-15-27/h6-8,10-11H,2-5,9,12-19H2,1H3,(H2,24,25,26). The van der Waals surface area contributed by atoms with Crippen molar-refractivity contribution in [3.8, 4) is 0 Å². The van der Waals surface area contributed by atoms with E-state index in [4.69, 9.17) is 9.73 Å². The molecule has 31 heavy (non-hydrogen) atoms. The number of allylic oxidation sites excluding steroid dienone is 1. The van der Waals surface area contributed by atoms with Crippen molar-refractivity contribution in [1.82, 2.24) is 14.9 Å². The molecule has 0 aromatic heterocycles. The molecule has 172 valence electrons. The number of hydrogen-bond acceptors (Lipinski definition) is 4. The number of aliphatic imine (C=N–C) groups is 1. The molecule has 1 fully saturated rings. The number of benzene rings is 1. The zero-order valence-electron chi connectivity index (χ0n) is 18.6. The molecule has 0 unspecified atom stereocenters. The maximum atomic E-state index is 12.8. The van der Waals surface area contributed by atoms with Crippen LogP contribution in [0.3, 0.4) is 0 Å². The SMILES string of the molecule is CCNC(=NCc1ccccc1CS(=O)(=O)N1CCOCC1)NCCC1=CCCCC1. The van der Waals surface area contributed by atoms with Crippen LogP contribution < -0.4 is 10.6 Å². The molecule has 0 radical (unpaired) electrons. The van der Waals surface area contributed by atoms with E-state index in [9.17, 15) is 8.42 Å². The van der Waals surface area contributed by atoms with Crippen molar-refractivity contribution < 1.29 is 13.2 Å². The lowest BCUT2D eigenvalue weighted by molar-refractivity contribution is 0.0729. The highest BCUT2D eigenvalue weighted by Gasteiger charge is 2.25. The van der Waals surface area contributed by atoms with Gasteiger partial charge in [0.25, 0.3) is 0 Å². The van der Waals surface area contributed by atoms with E-state index in [-0.39, 0.29) is 5.75 Å². The van der Waals surface area contributed by atoms with E-state index in [1.165, 1.54) is 35.6 Å². The van der Waals surface area contributed by atoms with Crippen LogP contribution in [0.1, 0.15) is 50.2 Å². The maximum absolute atomic E-state index is 12.8. The number of sulfonamides is 1. The molecule has 2 aliphatic rings. The van der Waals surface area contributed by atoms with Gasteiger partial charge < -0.3 is 15.4 Å². The Morgan fingerprint density at radius 2 is 1.90 bits per heavy atom. The fourth-order valence-electron chi connectivity index (χ4n) is 3.94. The number of hydrogen-bond donors (Lipinski definition) is 2. The first-order chi connectivity index (χ1) is 15.1. The lowest BCUT2D eigenvalue weighted by atomic mass is 9.97. The number of nitrogens with one attached hydrogen (secondary N) is 2. The highest BCUT2D eigenvalue weighted by atomic mass is 32.2. The molecule has 7 nitrogen and oxygen atoms in total. The Bertz CT molecular complexity index is 861. The topological polar surface area (TPSA) is 83.0 Å². The van der Waals surface area contributed by atoms with E-state index in [1.807, 2.05) is 31.2 Å². The zero-order chi connectivity index (χ0) is 21.9. The Morgan fingerprint density at radius 1 is 1.13 bits per heavy atom. The quantitative estimate of drug-likeness (QED) is 0.345. The summed E-state index contributed by atoms with van der Waals surface area (Å²) in [5.74, 6) is 0.765. The molecule has 0 spiro atoms. The summed E-state index contributed by atoms with van der Waals surface area (Å²) in [6, 6.07) is 7.67. The van der Waals surface area contributed by atoms with Gasteiger partial charge in [0.05, 0.1) is 25.5 Å². The van der Waals surface area contributed by atoms with Gasteiger partial charge in [0, 0.05) is 26.2 Å². The van der Waals surface area contributed by atoms with E-state index < -0.39 is 10.0 Å². The summed E-state index contributed by atoms with van der Waals surface area (Å²) in [6.45, 7) is 5.88. The molecular weight excluding hydrogens is 412 g/mol. The fourth-order valence-corrected chi connectivity index (χ4v) is 5.51. The Kier molecular flexibility index (Phi) is 9.36. The Hall–Kier alpha value is -1.90. The number of morpholine rings is 1. The summed E-state index contributed by atoms with van der Waals surface area (Å²) in [6.07, 6.45) is 8.43. The van der Waals surface area contributed by atoms with Gasteiger partial charge in [-0.2, -0.15) is 4.31 Å². The van der Waals surface area contributed by atoms with Crippen LogP contribution >= 0.6 is 0 Å². The second kappa shape index (κ2) is 12.2. The minimum absolute atomic E-state index is 0.00316. The van der Waals surface area contributed by atoms with E-state index in [0.29, 0.717) is 32.8 Å². The third-order valence-corrected chi connectivity index (χ3v) is 7.52. The predicted molar refractivity (Wildman–Crippen MR) is 125 cm³/mol. The van der Waals surface area contributed by atoms with Gasteiger partial charge in [-0.15, -0.1) is 0 Å². The average Bonchev–Trinajstić information content (AvgIpc) is 2.79. The van der Waals surface area contributed by atoms with Gasteiger partial charge in [0.2, 0.25) is 10.0 Å². The number of ether oxygens (including phenoxy) is 1. The van der Waals surface area contributed by atoms with Gasteiger partial charge in [0.1, 0.15) is 0 Å². The van der Waals surface area contributed by atoms with Crippen molar-refractivity contribution in [2.24, 2.45) is 4.99 Å². The first-order valence-corrected chi connectivity index (χ1v) is 13.0. The molecule has 1 saturated heterocycles. The van der Waals surface area contributed by atoms with Crippen molar-refractivity contribution in [1.29, 1.82) is 0 Å². The van der Waals surface area contributed by atoms with Crippen molar-refractivity contribution in [3.63, 3.8) is 0 Å². The van der Waals surface area contributed by atoms with Gasteiger partial charge >= 0.3 is 0 Å². The van der Waals surface area contributed by atoms with Gasteiger partial charge in [-0.05, 0) is 50.2 Å². The summed E-state index contributed by atoms with van der Waals surface area (Å²) >= 11 is 0. The molecule has 3 rings (SSSR count). The summed E-state index contributed by atoms with van der Waals surface area (Å²) < 4.78 is 32.5. The molecule has 1 aliphatic heterocycles. The Balaban J connectivity index is 1.61. The second-order valence-electron chi connectivity index (χ2n) is 8.02. The molecule has 0 bridgehead atoms. The molecule has 1 heterocycles. The lowest BCUT2D eigenvalue weighted by Crippen LogP contribution is -2.41. The van der Waals surface area contributed by atoms with Crippen molar-refractivity contribution in [3.05, 3.63) is 47.0 Å². The summed E-state index contributed by atoms with van der Waals surface area (Å²) in [5, 5.41) is 6.70. The molecule has 8 heteroatoms. The first kappa shape index (κ1) is 23.8. The molecule has 0 saturated carbocycles. The maximum Gasteiger partial charge on any atom is 0.218 e. The van der Waals surface area contributed by atoms with E-state index in [1.54, 1.807) is 0 Å². The van der Waals surface area contributed by atoms with Crippen molar-refractivity contribution in [2.45, 2.75) is 51.3 Å². The van der Waals surface area contributed by atoms with Crippen LogP contribution in [0.15, 0.2) is 40.9 Å². The summed E-state index contributed by atoms with van der Waals surface area (Å²) in [5.41, 5.74) is 3.28. The average molecular weight is 449 g/mol. The van der Waals surface area contributed by atoms with Crippen LogP contribution in [-0.4, -0.2) is 58.1 Å². The van der Waals surface area contributed by atoms with Gasteiger partial charge in [-0.3, -0.25) is 0 Å². The summed E-state index contributed by atoms with van der Waals surface area (Å²) in [7, 11) is -3.37. The first-order valence-electron chi connectivity index (χ1n) is 11.4. The minimum Gasteiger partial charge on any atom is -0.379 e. The van der Waals surface area contributed by atoms with Crippen LogP contribution in [0.2, 0.25) is 0 Å². The van der Waals surface area contributed by atoms with Crippen LogP contribution in [0.5, 0.6) is 0 Å². The minimum atomic E-state index is -3.37. The van der Waals surface area contributed by atoms with Crippen LogP contribution in [0.25, 0.3) is 0 Å². The molecular formula is C23H36N4O3S. The predicted octanol–water partition coefficient (Wildman–Crippen LogP) is 2.79. The fraction of sp³-hybridized carbons (Fsp3) is 0.609.